The molecule has 2 fully saturated rings. The zero-order chi connectivity index (χ0) is 18.2. The van der Waals surface area contributed by atoms with Crippen LogP contribution in [0.3, 0.4) is 0 Å². The van der Waals surface area contributed by atoms with Gasteiger partial charge in [0.1, 0.15) is 0 Å². The fourth-order valence-corrected chi connectivity index (χ4v) is 3.84. The zero-order valence-electron chi connectivity index (χ0n) is 15.5. The van der Waals surface area contributed by atoms with E-state index < -0.39 is 0 Å². The van der Waals surface area contributed by atoms with Crippen molar-refractivity contribution in [1.29, 1.82) is 0 Å². The van der Waals surface area contributed by atoms with Crippen molar-refractivity contribution in [2.24, 2.45) is 5.92 Å². The topological polar surface area (TPSA) is 71.8 Å². The Balaban J connectivity index is 1.34. The number of amides is 2. The van der Waals surface area contributed by atoms with Gasteiger partial charge in [-0.15, -0.1) is 0 Å². The summed E-state index contributed by atoms with van der Waals surface area (Å²) in [4.78, 5) is 26.5. The van der Waals surface area contributed by atoms with Crippen LogP contribution < -0.4 is 5.32 Å². The molecule has 1 N–H and O–H groups in total. The summed E-state index contributed by atoms with van der Waals surface area (Å²) >= 11 is 0. The molecule has 1 atom stereocenters. The molecule has 1 unspecified atom stereocenters. The first-order chi connectivity index (χ1) is 12.7. The second-order valence-electron chi connectivity index (χ2n) is 7.34. The summed E-state index contributed by atoms with van der Waals surface area (Å²) in [5.74, 6) is 0.112. The van der Waals surface area contributed by atoms with Crippen LogP contribution >= 0.6 is 0 Å². The molecule has 3 rings (SSSR count). The lowest BCUT2D eigenvalue weighted by Crippen LogP contribution is -2.45. The van der Waals surface area contributed by atoms with Gasteiger partial charge in [-0.1, -0.05) is 19.3 Å². The molecule has 1 aromatic rings. The van der Waals surface area contributed by atoms with Gasteiger partial charge in [-0.2, -0.15) is 0 Å². The van der Waals surface area contributed by atoms with E-state index in [1.807, 2.05) is 0 Å². The van der Waals surface area contributed by atoms with Crippen molar-refractivity contribution < 1.29 is 18.7 Å². The van der Waals surface area contributed by atoms with Crippen molar-refractivity contribution >= 4 is 11.8 Å². The maximum Gasteiger partial charge on any atom is 0.289 e. The van der Waals surface area contributed by atoms with Crippen molar-refractivity contribution in [3.05, 3.63) is 24.2 Å². The minimum Gasteiger partial charge on any atom is -0.459 e. The van der Waals surface area contributed by atoms with E-state index in [9.17, 15) is 9.59 Å². The van der Waals surface area contributed by atoms with Gasteiger partial charge in [0.15, 0.2) is 5.76 Å². The zero-order valence-corrected chi connectivity index (χ0v) is 15.5. The Morgan fingerprint density at radius 1 is 1.19 bits per heavy atom. The molecular formula is C20H30N2O4. The summed E-state index contributed by atoms with van der Waals surface area (Å²) in [5, 5.41) is 3.00. The van der Waals surface area contributed by atoms with Crippen molar-refractivity contribution in [2.75, 3.05) is 26.2 Å². The molecule has 2 aliphatic rings. The smallest absolute Gasteiger partial charge is 0.289 e. The van der Waals surface area contributed by atoms with E-state index in [0.29, 0.717) is 38.1 Å². The van der Waals surface area contributed by atoms with E-state index in [-0.39, 0.29) is 17.7 Å². The average Bonchev–Trinajstić information content (AvgIpc) is 3.23. The molecule has 1 saturated heterocycles. The molecule has 26 heavy (non-hydrogen) atoms. The maximum atomic E-state index is 12.4. The molecule has 6 heteroatoms. The highest BCUT2D eigenvalue weighted by molar-refractivity contribution is 5.92. The number of likely N-dealkylation sites (tertiary alicyclic amines) is 1. The number of nitrogens with zero attached hydrogens (tertiary/aromatic N) is 1. The van der Waals surface area contributed by atoms with Gasteiger partial charge in [-0.25, -0.2) is 0 Å². The number of ether oxygens (including phenoxy) is 1. The lowest BCUT2D eigenvalue weighted by atomic mass is 9.97. The monoisotopic (exact) mass is 362 g/mol. The SMILES string of the molecule is O=C(NCCCOC1CCCCC1)C1CCCN(C(=O)c2ccco2)C1. The van der Waals surface area contributed by atoms with Gasteiger partial charge in [0, 0.05) is 26.2 Å². The van der Waals surface area contributed by atoms with Crippen LogP contribution in [0.4, 0.5) is 0 Å². The molecule has 0 radical (unpaired) electrons. The number of carbonyl (C=O) groups excluding carboxylic acids is 2. The Morgan fingerprint density at radius 3 is 2.81 bits per heavy atom. The second-order valence-corrected chi connectivity index (χ2v) is 7.34. The average molecular weight is 362 g/mol. The molecule has 1 saturated carbocycles. The van der Waals surface area contributed by atoms with E-state index in [4.69, 9.17) is 9.15 Å². The highest BCUT2D eigenvalue weighted by Gasteiger charge is 2.29. The maximum absolute atomic E-state index is 12.4. The van der Waals surface area contributed by atoms with Crippen LogP contribution in [0.2, 0.25) is 0 Å². The van der Waals surface area contributed by atoms with Crippen LogP contribution in [0.25, 0.3) is 0 Å². The van der Waals surface area contributed by atoms with E-state index in [1.54, 1.807) is 17.0 Å². The molecule has 1 aliphatic carbocycles. The van der Waals surface area contributed by atoms with E-state index in [2.05, 4.69) is 5.32 Å². The Labute approximate surface area is 155 Å². The Kier molecular flexibility index (Phi) is 7.12. The highest BCUT2D eigenvalue weighted by Crippen LogP contribution is 2.21. The Hall–Kier alpha value is -1.82. The predicted octanol–water partition coefficient (Wildman–Crippen LogP) is 2.99. The van der Waals surface area contributed by atoms with Gasteiger partial charge >= 0.3 is 0 Å². The fraction of sp³-hybridized carbons (Fsp3) is 0.700. The van der Waals surface area contributed by atoms with Crippen molar-refractivity contribution in [3.63, 3.8) is 0 Å². The van der Waals surface area contributed by atoms with E-state index in [1.165, 1.54) is 38.4 Å². The summed E-state index contributed by atoms with van der Waals surface area (Å²) < 4.78 is 11.1. The van der Waals surface area contributed by atoms with Gasteiger partial charge in [-0.3, -0.25) is 9.59 Å². The number of carbonyl (C=O) groups is 2. The Morgan fingerprint density at radius 2 is 2.04 bits per heavy atom. The second kappa shape index (κ2) is 9.76. The third-order valence-corrected chi connectivity index (χ3v) is 5.34. The number of nitrogens with one attached hydrogen (secondary N) is 1. The number of hydrogen-bond donors (Lipinski definition) is 1. The fourth-order valence-electron chi connectivity index (χ4n) is 3.84. The summed E-state index contributed by atoms with van der Waals surface area (Å²) in [6, 6.07) is 3.37. The first-order valence-corrected chi connectivity index (χ1v) is 9.96. The lowest BCUT2D eigenvalue weighted by Gasteiger charge is -2.31. The molecule has 6 nitrogen and oxygen atoms in total. The van der Waals surface area contributed by atoms with E-state index >= 15 is 0 Å². The Bertz CT molecular complexity index is 566. The molecule has 1 aliphatic heterocycles. The summed E-state index contributed by atoms with van der Waals surface area (Å²) in [6.07, 6.45) is 10.6. The molecule has 2 heterocycles. The van der Waals surface area contributed by atoms with Crippen LogP contribution in [0.5, 0.6) is 0 Å². The summed E-state index contributed by atoms with van der Waals surface area (Å²) in [5.41, 5.74) is 0. The molecule has 2 amide bonds. The molecule has 1 aromatic heterocycles. The number of hydrogen-bond acceptors (Lipinski definition) is 4. The normalized spacial score (nSPS) is 21.5. The van der Waals surface area contributed by atoms with Gasteiger partial charge < -0.3 is 19.4 Å². The standard InChI is InChI=1S/C20H30N2O4/c23-19(21-11-6-14-25-17-8-2-1-3-9-17)16-7-4-12-22(15-16)20(24)18-10-5-13-26-18/h5,10,13,16-17H,1-4,6-9,11-12,14-15H2,(H,21,23). The van der Waals surface area contributed by atoms with Crippen molar-refractivity contribution in [3.8, 4) is 0 Å². The number of rotatable bonds is 7. The van der Waals surface area contributed by atoms with Gasteiger partial charge in [0.05, 0.1) is 18.3 Å². The molecule has 0 spiro atoms. The van der Waals surface area contributed by atoms with Gasteiger partial charge in [-0.05, 0) is 44.2 Å². The third-order valence-electron chi connectivity index (χ3n) is 5.34. The van der Waals surface area contributed by atoms with E-state index in [0.717, 1.165) is 19.3 Å². The van der Waals surface area contributed by atoms with Crippen molar-refractivity contribution in [1.82, 2.24) is 10.2 Å². The minimum absolute atomic E-state index is 0.0413. The summed E-state index contributed by atoms with van der Waals surface area (Å²) in [6.45, 7) is 2.48. The van der Waals surface area contributed by atoms with Crippen LogP contribution in [0, 0.1) is 5.92 Å². The van der Waals surface area contributed by atoms with Gasteiger partial charge in [0.2, 0.25) is 5.91 Å². The van der Waals surface area contributed by atoms with Crippen LogP contribution in [-0.4, -0.2) is 49.1 Å². The van der Waals surface area contributed by atoms with Crippen LogP contribution in [-0.2, 0) is 9.53 Å². The molecular weight excluding hydrogens is 332 g/mol. The quantitative estimate of drug-likeness (QED) is 0.757. The van der Waals surface area contributed by atoms with Gasteiger partial charge in [0.25, 0.3) is 5.91 Å². The third kappa shape index (κ3) is 5.34. The first kappa shape index (κ1) is 19.0. The minimum atomic E-state index is -0.137. The van der Waals surface area contributed by atoms with Crippen molar-refractivity contribution in [2.45, 2.75) is 57.5 Å². The largest absolute Gasteiger partial charge is 0.459 e. The molecule has 0 bridgehead atoms. The first-order valence-electron chi connectivity index (χ1n) is 9.96. The number of furan rings is 1. The lowest BCUT2D eigenvalue weighted by molar-refractivity contribution is -0.126. The summed E-state index contributed by atoms with van der Waals surface area (Å²) in [7, 11) is 0. The molecule has 0 aromatic carbocycles. The molecule has 144 valence electrons. The predicted molar refractivity (Wildman–Crippen MR) is 97.8 cm³/mol. The van der Waals surface area contributed by atoms with Crippen LogP contribution in [0.15, 0.2) is 22.8 Å². The highest BCUT2D eigenvalue weighted by atomic mass is 16.5. The van der Waals surface area contributed by atoms with Crippen LogP contribution in [0.1, 0.15) is 61.9 Å². The number of piperidine rings is 1.